The fourth-order valence-corrected chi connectivity index (χ4v) is 2.79. The van der Waals surface area contributed by atoms with Crippen LogP contribution in [0.2, 0.25) is 0 Å². The second-order valence-electron chi connectivity index (χ2n) is 6.01. The zero-order valence-corrected chi connectivity index (χ0v) is 13.4. The van der Waals surface area contributed by atoms with Crippen molar-refractivity contribution in [3.8, 4) is 0 Å². The molecule has 21 heavy (non-hydrogen) atoms. The highest BCUT2D eigenvalue weighted by atomic mass is 16.2. The Hall–Kier alpha value is -1.55. The molecule has 0 aliphatic carbocycles. The van der Waals surface area contributed by atoms with Gasteiger partial charge in [0.05, 0.1) is 6.04 Å². The SMILES string of the molecule is CCC(C)[C@H](N)C(=O)N1CCN(c2ccccc2C)CC1. The molecule has 2 atom stereocenters. The Kier molecular flexibility index (Phi) is 5.23. The van der Waals surface area contributed by atoms with Crippen LogP contribution in [0.4, 0.5) is 5.69 Å². The van der Waals surface area contributed by atoms with Crippen LogP contribution in [-0.4, -0.2) is 43.0 Å². The summed E-state index contributed by atoms with van der Waals surface area (Å²) in [6, 6.07) is 8.05. The van der Waals surface area contributed by atoms with Crippen LogP contribution in [-0.2, 0) is 4.79 Å². The molecule has 0 spiro atoms. The molecule has 4 nitrogen and oxygen atoms in total. The van der Waals surface area contributed by atoms with Gasteiger partial charge in [-0.1, -0.05) is 38.5 Å². The lowest BCUT2D eigenvalue weighted by atomic mass is 9.98. The van der Waals surface area contributed by atoms with Gasteiger partial charge in [0.2, 0.25) is 5.91 Å². The molecule has 1 aliphatic rings. The molecule has 1 unspecified atom stereocenters. The monoisotopic (exact) mass is 289 g/mol. The number of aryl methyl sites for hydroxylation is 1. The van der Waals surface area contributed by atoms with Gasteiger partial charge in [0.1, 0.15) is 0 Å². The molecule has 1 saturated heterocycles. The number of nitrogens with zero attached hydrogens (tertiary/aromatic N) is 2. The van der Waals surface area contributed by atoms with Crippen molar-refractivity contribution in [1.82, 2.24) is 4.90 Å². The number of para-hydroxylation sites is 1. The van der Waals surface area contributed by atoms with E-state index < -0.39 is 0 Å². The lowest BCUT2D eigenvalue weighted by Gasteiger charge is -2.38. The molecule has 1 heterocycles. The van der Waals surface area contributed by atoms with E-state index in [1.54, 1.807) is 0 Å². The van der Waals surface area contributed by atoms with Gasteiger partial charge in [0, 0.05) is 31.9 Å². The number of carbonyl (C=O) groups is 1. The van der Waals surface area contributed by atoms with E-state index in [0.29, 0.717) is 0 Å². The maximum absolute atomic E-state index is 12.4. The summed E-state index contributed by atoms with van der Waals surface area (Å²) >= 11 is 0. The zero-order valence-electron chi connectivity index (χ0n) is 13.4. The molecule has 1 aromatic carbocycles. The molecule has 4 heteroatoms. The van der Waals surface area contributed by atoms with Gasteiger partial charge in [0.15, 0.2) is 0 Å². The lowest BCUT2D eigenvalue weighted by molar-refractivity contribution is -0.134. The zero-order chi connectivity index (χ0) is 15.4. The van der Waals surface area contributed by atoms with Crippen LogP contribution in [0.3, 0.4) is 0 Å². The van der Waals surface area contributed by atoms with Crippen molar-refractivity contribution in [2.75, 3.05) is 31.1 Å². The van der Waals surface area contributed by atoms with Crippen LogP contribution in [0.25, 0.3) is 0 Å². The van der Waals surface area contributed by atoms with Gasteiger partial charge >= 0.3 is 0 Å². The predicted octanol–water partition coefficient (Wildman–Crippen LogP) is 2.02. The summed E-state index contributed by atoms with van der Waals surface area (Å²) < 4.78 is 0. The van der Waals surface area contributed by atoms with Crippen molar-refractivity contribution in [2.24, 2.45) is 11.7 Å². The maximum atomic E-state index is 12.4. The Morgan fingerprint density at radius 1 is 1.24 bits per heavy atom. The summed E-state index contributed by atoms with van der Waals surface area (Å²) in [5, 5.41) is 0. The first-order chi connectivity index (χ1) is 10.0. The molecule has 1 fully saturated rings. The average Bonchev–Trinajstić information content (AvgIpc) is 2.53. The standard InChI is InChI=1S/C17H27N3O/c1-4-13(2)16(18)17(21)20-11-9-19(10-12-20)15-8-6-5-7-14(15)3/h5-8,13,16H,4,9-12,18H2,1-3H3/t13?,16-/m0/s1. The number of rotatable bonds is 4. The molecule has 0 aromatic heterocycles. The van der Waals surface area contributed by atoms with Crippen LogP contribution in [0.5, 0.6) is 0 Å². The summed E-state index contributed by atoms with van der Waals surface area (Å²) in [4.78, 5) is 16.7. The molecule has 0 saturated carbocycles. The molecule has 116 valence electrons. The van der Waals surface area contributed by atoms with Crippen molar-refractivity contribution in [3.05, 3.63) is 29.8 Å². The normalized spacial score (nSPS) is 18.5. The van der Waals surface area contributed by atoms with Gasteiger partial charge < -0.3 is 15.5 Å². The molecule has 1 amide bonds. The van der Waals surface area contributed by atoms with E-state index in [9.17, 15) is 4.79 Å². The van der Waals surface area contributed by atoms with Crippen LogP contribution < -0.4 is 10.6 Å². The lowest BCUT2D eigenvalue weighted by Crippen LogP contribution is -2.54. The van der Waals surface area contributed by atoms with Gasteiger partial charge in [0.25, 0.3) is 0 Å². The topological polar surface area (TPSA) is 49.6 Å². The van der Waals surface area contributed by atoms with E-state index in [1.165, 1.54) is 11.3 Å². The molecular weight excluding hydrogens is 262 g/mol. The van der Waals surface area contributed by atoms with Crippen molar-refractivity contribution in [3.63, 3.8) is 0 Å². The van der Waals surface area contributed by atoms with Crippen molar-refractivity contribution >= 4 is 11.6 Å². The molecule has 0 bridgehead atoms. The highest BCUT2D eigenvalue weighted by Gasteiger charge is 2.28. The van der Waals surface area contributed by atoms with Gasteiger partial charge in [-0.3, -0.25) is 4.79 Å². The first-order valence-corrected chi connectivity index (χ1v) is 7.89. The summed E-state index contributed by atoms with van der Waals surface area (Å²) in [5.74, 6) is 0.348. The average molecular weight is 289 g/mol. The first kappa shape index (κ1) is 15.8. The minimum Gasteiger partial charge on any atom is -0.368 e. The first-order valence-electron chi connectivity index (χ1n) is 7.89. The largest absolute Gasteiger partial charge is 0.368 e. The maximum Gasteiger partial charge on any atom is 0.239 e. The molecule has 0 radical (unpaired) electrons. The Balaban J connectivity index is 1.94. The number of carbonyl (C=O) groups excluding carboxylic acids is 1. The molecule has 1 aromatic rings. The number of benzene rings is 1. The summed E-state index contributed by atoms with van der Waals surface area (Å²) in [6.07, 6.45) is 0.941. The fraction of sp³-hybridized carbons (Fsp3) is 0.588. The molecule has 2 N–H and O–H groups in total. The second kappa shape index (κ2) is 6.94. The minimum absolute atomic E-state index is 0.105. The van der Waals surface area contributed by atoms with E-state index in [2.05, 4.69) is 43.0 Å². The molecular formula is C17H27N3O. The quantitative estimate of drug-likeness (QED) is 0.922. The van der Waals surface area contributed by atoms with E-state index in [0.717, 1.165) is 32.6 Å². The Labute approximate surface area is 127 Å². The summed E-state index contributed by atoms with van der Waals surface area (Å²) in [6.45, 7) is 9.54. The third-order valence-corrected chi connectivity index (χ3v) is 4.59. The van der Waals surface area contributed by atoms with Gasteiger partial charge in [-0.2, -0.15) is 0 Å². The number of hydrogen-bond donors (Lipinski definition) is 1. The van der Waals surface area contributed by atoms with E-state index in [4.69, 9.17) is 5.73 Å². The van der Waals surface area contributed by atoms with E-state index in [1.807, 2.05) is 11.8 Å². The van der Waals surface area contributed by atoms with Crippen molar-refractivity contribution in [2.45, 2.75) is 33.2 Å². The Bertz CT molecular complexity index is 481. The molecule has 2 rings (SSSR count). The smallest absolute Gasteiger partial charge is 0.239 e. The van der Waals surface area contributed by atoms with E-state index in [-0.39, 0.29) is 17.9 Å². The van der Waals surface area contributed by atoms with E-state index >= 15 is 0 Å². The van der Waals surface area contributed by atoms with Gasteiger partial charge in [-0.15, -0.1) is 0 Å². The minimum atomic E-state index is -0.361. The summed E-state index contributed by atoms with van der Waals surface area (Å²) in [7, 11) is 0. The van der Waals surface area contributed by atoms with Crippen molar-refractivity contribution < 1.29 is 4.79 Å². The highest BCUT2D eigenvalue weighted by molar-refractivity contribution is 5.82. The second-order valence-corrected chi connectivity index (χ2v) is 6.01. The van der Waals surface area contributed by atoms with Gasteiger partial charge in [-0.25, -0.2) is 0 Å². The van der Waals surface area contributed by atoms with Crippen molar-refractivity contribution in [1.29, 1.82) is 0 Å². The fourth-order valence-electron chi connectivity index (χ4n) is 2.79. The van der Waals surface area contributed by atoms with Crippen LogP contribution in [0.1, 0.15) is 25.8 Å². The predicted molar refractivity (Wildman–Crippen MR) is 87.4 cm³/mol. The highest BCUT2D eigenvalue weighted by Crippen LogP contribution is 2.21. The van der Waals surface area contributed by atoms with Gasteiger partial charge in [-0.05, 0) is 24.5 Å². The summed E-state index contributed by atoms with van der Waals surface area (Å²) in [5.41, 5.74) is 8.63. The number of nitrogens with two attached hydrogens (primary N) is 1. The Morgan fingerprint density at radius 2 is 1.86 bits per heavy atom. The van der Waals surface area contributed by atoms with Crippen LogP contribution in [0.15, 0.2) is 24.3 Å². The number of hydrogen-bond acceptors (Lipinski definition) is 3. The third-order valence-electron chi connectivity index (χ3n) is 4.59. The number of amides is 1. The number of anilines is 1. The molecule has 1 aliphatic heterocycles. The van der Waals surface area contributed by atoms with Crippen LogP contribution >= 0.6 is 0 Å². The Morgan fingerprint density at radius 3 is 2.43 bits per heavy atom. The third kappa shape index (κ3) is 3.56. The number of piperazine rings is 1. The van der Waals surface area contributed by atoms with Crippen LogP contribution in [0, 0.1) is 12.8 Å².